The van der Waals surface area contributed by atoms with Crippen molar-refractivity contribution in [3.8, 4) is 0 Å². The van der Waals surface area contributed by atoms with Gasteiger partial charge in [-0.05, 0) is 38.1 Å². The predicted octanol–water partition coefficient (Wildman–Crippen LogP) is 3.95. The van der Waals surface area contributed by atoms with Crippen molar-refractivity contribution in [1.82, 2.24) is 4.90 Å². The van der Waals surface area contributed by atoms with E-state index in [2.05, 4.69) is 0 Å². The van der Waals surface area contributed by atoms with Crippen molar-refractivity contribution in [3.05, 3.63) is 35.4 Å². The third-order valence-corrected chi connectivity index (χ3v) is 3.62. The molecule has 1 N–H and O–H groups in total. The van der Waals surface area contributed by atoms with Crippen molar-refractivity contribution in [2.75, 3.05) is 6.54 Å². The van der Waals surface area contributed by atoms with Gasteiger partial charge >= 0.3 is 12.1 Å². The second-order valence-electron chi connectivity index (χ2n) is 5.07. The first-order chi connectivity index (χ1) is 9.66. The number of aliphatic carboxylic acids is 1. The van der Waals surface area contributed by atoms with Crippen molar-refractivity contribution in [1.29, 1.82) is 0 Å². The standard InChI is InChI=1S/C15H20F3NO2/c1-4-19(10(2)9-14(20)21)11(3)12-5-7-13(8-6-12)15(16,17)18/h5-8,10-11H,4,9H2,1-3H3,(H,20,21). The van der Waals surface area contributed by atoms with Gasteiger partial charge in [-0.1, -0.05) is 19.1 Å². The maximum Gasteiger partial charge on any atom is 0.416 e. The summed E-state index contributed by atoms with van der Waals surface area (Å²) in [4.78, 5) is 12.7. The largest absolute Gasteiger partial charge is 0.481 e. The molecule has 0 spiro atoms. The average Bonchev–Trinajstić information content (AvgIpc) is 2.37. The van der Waals surface area contributed by atoms with E-state index >= 15 is 0 Å². The topological polar surface area (TPSA) is 40.5 Å². The Labute approximate surface area is 122 Å². The van der Waals surface area contributed by atoms with Crippen LogP contribution in [0, 0.1) is 0 Å². The van der Waals surface area contributed by atoms with Crippen molar-refractivity contribution in [2.45, 2.75) is 45.5 Å². The quantitative estimate of drug-likeness (QED) is 0.865. The van der Waals surface area contributed by atoms with Gasteiger partial charge in [0.05, 0.1) is 12.0 Å². The molecule has 2 atom stereocenters. The molecule has 0 aliphatic carbocycles. The Morgan fingerprint density at radius 3 is 2.14 bits per heavy atom. The SMILES string of the molecule is CCN(C(C)CC(=O)O)C(C)c1ccc(C(F)(F)F)cc1. The summed E-state index contributed by atoms with van der Waals surface area (Å²) in [6, 6.07) is 4.67. The van der Waals surface area contributed by atoms with E-state index in [0.717, 1.165) is 17.7 Å². The molecule has 0 saturated heterocycles. The third kappa shape index (κ3) is 4.74. The minimum Gasteiger partial charge on any atom is -0.481 e. The molecule has 1 aromatic rings. The van der Waals surface area contributed by atoms with Crippen LogP contribution in [0.25, 0.3) is 0 Å². The Morgan fingerprint density at radius 1 is 1.24 bits per heavy atom. The highest BCUT2D eigenvalue weighted by Gasteiger charge is 2.30. The molecule has 0 aliphatic heterocycles. The molecule has 21 heavy (non-hydrogen) atoms. The molecule has 0 bridgehead atoms. The molecular formula is C15H20F3NO2. The summed E-state index contributed by atoms with van der Waals surface area (Å²) >= 11 is 0. The zero-order valence-corrected chi connectivity index (χ0v) is 12.3. The number of carboxylic acid groups (broad SMARTS) is 1. The van der Waals surface area contributed by atoms with Gasteiger partial charge in [0, 0.05) is 12.1 Å². The number of carboxylic acids is 1. The molecule has 2 unspecified atom stereocenters. The van der Waals surface area contributed by atoms with Gasteiger partial charge in [-0.25, -0.2) is 0 Å². The first-order valence-electron chi connectivity index (χ1n) is 6.81. The van der Waals surface area contributed by atoms with E-state index in [1.54, 1.807) is 6.92 Å². The summed E-state index contributed by atoms with van der Waals surface area (Å²) in [5.74, 6) is -0.888. The fraction of sp³-hybridized carbons (Fsp3) is 0.533. The molecule has 0 saturated carbocycles. The van der Waals surface area contributed by atoms with Gasteiger partial charge in [-0.2, -0.15) is 13.2 Å². The van der Waals surface area contributed by atoms with Crippen molar-refractivity contribution in [3.63, 3.8) is 0 Å². The first kappa shape index (κ1) is 17.5. The second-order valence-corrected chi connectivity index (χ2v) is 5.07. The average molecular weight is 303 g/mol. The Bertz CT molecular complexity index is 471. The van der Waals surface area contributed by atoms with Crippen LogP contribution in [0.4, 0.5) is 13.2 Å². The van der Waals surface area contributed by atoms with E-state index < -0.39 is 17.7 Å². The molecule has 0 fully saturated rings. The molecule has 0 heterocycles. The number of benzene rings is 1. The second kappa shape index (κ2) is 6.93. The molecule has 0 amide bonds. The Kier molecular flexibility index (Phi) is 5.78. The highest BCUT2D eigenvalue weighted by Crippen LogP contribution is 2.31. The molecule has 0 radical (unpaired) electrons. The number of nitrogens with zero attached hydrogens (tertiary/aromatic N) is 1. The maximum atomic E-state index is 12.5. The van der Waals surface area contributed by atoms with E-state index in [-0.39, 0.29) is 18.5 Å². The molecule has 6 heteroatoms. The van der Waals surface area contributed by atoms with Gasteiger partial charge < -0.3 is 5.11 Å². The minimum atomic E-state index is -4.34. The van der Waals surface area contributed by atoms with Crippen LogP contribution in [0.1, 0.15) is 44.4 Å². The third-order valence-electron chi connectivity index (χ3n) is 3.62. The van der Waals surface area contributed by atoms with Crippen molar-refractivity contribution in [2.24, 2.45) is 0 Å². The van der Waals surface area contributed by atoms with Crippen LogP contribution < -0.4 is 0 Å². The summed E-state index contributed by atoms with van der Waals surface area (Å²) in [5, 5.41) is 8.85. The van der Waals surface area contributed by atoms with E-state index in [1.165, 1.54) is 12.1 Å². The van der Waals surface area contributed by atoms with Crippen LogP contribution >= 0.6 is 0 Å². The van der Waals surface area contributed by atoms with Crippen molar-refractivity contribution >= 4 is 5.97 Å². The van der Waals surface area contributed by atoms with E-state index in [4.69, 9.17) is 5.11 Å². The van der Waals surface area contributed by atoms with Gasteiger partial charge in [0.2, 0.25) is 0 Å². The molecule has 1 aromatic carbocycles. The van der Waals surface area contributed by atoms with Crippen LogP contribution in [0.5, 0.6) is 0 Å². The van der Waals surface area contributed by atoms with Crippen LogP contribution in [0.2, 0.25) is 0 Å². The van der Waals surface area contributed by atoms with E-state index in [1.807, 2.05) is 18.7 Å². The van der Waals surface area contributed by atoms with Crippen LogP contribution in [0.3, 0.4) is 0 Å². The van der Waals surface area contributed by atoms with E-state index in [0.29, 0.717) is 6.54 Å². The number of alkyl halides is 3. The number of rotatable bonds is 6. The fourth-order valence-electron chi connectivity index (χ4n) is 2.48. The lowest BCUT2D eigenvalue weighted by Crippen LogP contribution is -2.36. The van der Waals surface area contributed by atoms with Crippen LogP contribution in [-0.4, -0.2) is 28.6 Å². The van der Waals surface area contributed by atoms with Gasteiger partial charge in [0.25, 0.3) is 0 Å². The van der Waals surface area contributed by atoms with Crippen molar-refractivity contribution < 1.29 is 23.1 Å². The monoisotopic (exact) mass is 303 g/mol. The van der Waals surface area contributed by atoms with Gasteiger partial charge in [0.15, 0.2) is 0 Å². The van der Waals surface area contributed by atoms with Gasteiger partial charge in [0.1, 0.15) is 0 Å². The minimum absolute atomic E-state index is 0.00118. The van der Waals surface area contributed by atoms with E-state index in [9.17, 15) is 18.0 Å². The molecule has 0 aromatic heterocycles. The zero-order valence-electron chi connectivity index (χ0n) is 12.3. The highest BCUT2D eigenvalue weighted by atomic mass is 19.4. The molecule has 118 valence electrons. The smallest absolute Gasteiger partial charge is 0.416 e. The lowest BCUT2D eigenvalue weighted by atomic mass is 10.0. The zero-order chi connectivity index (χ0) is 16.2. The normalized spacial score (nSPS) is 15.0. The number of halogens is 3. The van der Waals surface area contributed by atoms with Gasteiger partial charge in [-0.15, -0.1) is 0 Å². The van der Waals surface area contributed by atoms with Crippen LogP contribution in [-0.2, 0) is 11.0 Å². The first-order valence-corrected chi connectivity index (χ1v) is 6.81. The summed E-state index contributed by atoms with van der Waals surface area (Å²) in [6.07, 6.45) is -4.35. The Balaban J connectivity index is 2.90. The summed E-state index contributed by atoms with van der Waals surface area (Å²) in [5.41, 5.74) is 0.0576. The molecule has 3 nitrogen and oxygen atoms in total. The number of hydrogen-bond donors (Lipinski definition) is 1. The van der Waals surface area contributed by atoms with Crippen LogP contribution in [0.15, 0.2) is 24.3 Å². The number of carbonyl (C=O) groups is 1. The Morgan fingerprint density at radius 2 is 1.76 bits per heavy atom. The molecular weight excluding hydrogens is 283 g/mol. The lowest BCUT2D eigenvalue weighted by Gasteiger charge is -2.33. The predicted molar refractivity (Wildman–Crippen MR) is 74.0 cm³/mol. The molecule has 1 rings (SSSR count). The Hall–Kier alpha value is -1.56. The lowest BCUT2D eigenvalue weighted by molar-refractivity contribution is -0.139. The summed E-state index contributed by atoms with van der Waals surface area (Å²) in [7, 11) is 0. The summed E-state index contributed by atoms with van der Waals surface area (Å²) in [6.45, 7) is 6.19. The fourth-order valence-corrected chi connectivity index (χ4v) is 2.48. The highest BCUT2D eigenvalue weighted by molar-refractivity contribution is 5.67. The maximum absolute atomic E-state index is 12.5. The summed E-state index contributed by atoms with van der Waals surface area (Å²) < 4.78 is 37.6. The van der Waals surface area contributed by atoms with Gasteiger partial charge in [-0.3, -0.25) is 9.69 Å². The molecule has 0 aliphatic rings. The number of hydrogen-bond acceptors (Lipinski definition) is 2.